The first-order valence-corrected chi connectivity index (χ1v) is 15.7. The van der Waals surface area contributed by atoms with Crippen molar-refractivity contribution in [1.29, 1.82) is 0 Å². The van der Waals surface area contributed by atoms with Gasteiger partial charge in [0, 0.05) is 30.6 Å². The van der Waals surface area contributed by atoms with Crippen molar-refractivity contribution in [3.63, 3.8) is 0 Å². The van der Waals surface area contributed by atoms with Gasteiger partial charge >= 0.3 is 0 Å². The fourth-order valence-corrected chi connectivity index (χ4v) is 10.5. The number of rotatable bonds is 6. The van der Waals surface area contributed by atoms with Crippen LogP contribution in [-0.4, -0.2) is 38.2 Å². The molecule has 5 unspecified atom stereocenters. The van der Waals surface area contributed by atoms with Crippen molar-refractivity contribution < 1.29 is 19.0 Å². The van der Waals surface area contributed by atoms with Crippen molar-refractivity contribution in [2.24, 2.45) is 46.3 Å². The molecule has 5 aliphatic rings. The summed E-state index contributed by atoms with van der Waals surface area (Å²) in [7, 11) is 5.16. The Hall–Kier alpha value is -2.43. The molecule has 0 bridgehead atoms. The van der Waals surface area contributed by atoms with Crippen molar-refractivity contribution in [2.45, 2.75) is 84.7 Å². The van der Waals surface area contributed by atoms with Gasteiger partial charge in [-0.05, 0) is 116 Å². The lowest BCUT2D eigenvalue weighted by Crippen LogP contribution is -2.63. The van der Waals surface area contributed by atoms with Crippen LogP contribution in [0.3, 0.4) is 0 Å². The highest BCUT2D eigenvalue weighted by molar-refractivity contribution is 5.78. The molecule has 3 saturated carbocycles. The van der Waals surface area contributed by atoms with Gasteiger partial charge in [0.1, 0.15) is 17.3 Å². The summed E-state index contributed by atoms with van der Waals surface area (Å²) < 4.78 is 16.6. The summed E-state index contributed by atoms with van der Waals surface area (Å²) in [4.78, 5) is 15.8. The number of carbonyl (C=O) groups is 1. The molecule has 1 saturated heterocycles. The summed E-state index contributed by atoms with van der Waals surface area (Å²) >= 11 is 0. The molecule has 1 aromatic carbocycles. The number of hydrogen-bond acceptors (Lipinski definition) is 4. The average Bonchev–Trinajstić information content (AvgIpc) is 3.33. The molecule has 9 atom stereocenters. The van der Waals surface area contributed by atoms with Crippen LogP contribution in [0.1, 0.15) is 77.7 Å². The lowest BCUT2D eigenvalue weighted by molar-refractivity contribution is -0.172. The molecule has 5 nitrogen and oxygen atoms in total. The Kier molecular flexibility index (Phi) is 7.24. The maximum atomic E-state index is 13.5. The van der Waals surface area contributed by atoms with Crippen LogP contribution in [0.15, 0.2) is 42.2 Å². The third kappa shape index (κ3) is 4.29. The zero-order valence-electron chi connectivity index (χ0n) is 25.4. The number of fused-ring (bicyclic) bond motifs is 5. The quantitative estimate of drug-likeness (QED) is 0.372. The van der Waals surface area contributed by atoms with Crippen molar-refractivity contribution in [3.05, 3.63) is 47.7 Å². The monoisotopic (exact) mass is 547 g/mol. The summed E-state index contributed by atoms with van der Waals surface area (Å²) in [5.41, 5.74) is 1.65. The third-order valence-electron chi connectivity index (χ3n) is 12.5. The fourth-order valence-electron chi connectivity index (χ4n) is 10.5. The molecule has 4 fully saturated rings. The molecule has 0 radical (unpaired) electrons. The largest absolute Gasteiger partial charge is 0.497 e. The maximum absolute atomic E-state index is 13.5. The Labute approximate surface area is 241 Å². The Morgan fingerprint density at radius 3 is 2.42 bits per heavy atom. The fraction of sp³-hybridized carbons (Fsp3) is 0.686. The summed E-state index contributed by atoms with van der Waals surface area (Å²) in [5, 5.41) is 0. The molecular formula is C35H49NO4. The number of nitrogens with zero attached hydrogens (tertiary/aromatic N) is 1. The average molecular weight is 548 g/mol. The highest BCUT2D eigenvalue weighted by Gasteiger charge is 2.63. The van der Waals surface area contributed by atoms with Gasteiger partial charge in [0.05, 0.1) is 21.3 Å². The van der Waals surface area contributed by atoms with Crippen LogP contribution < -0.4 is 9.47 Å². The van der Waals surface area contributed by atoms with Crippen LogP contribution in [0, 0.1) is 46.3 Å². The van der Waals surface area contributed by atoms with Crippen LogP contribution >= 0.6 is 0 Å². The van der Waals surface area contributed by atoms with E-state index in [1.54, 1.807) is 21.3 Å². The zero-order valence-corrected chi connectivity index (χ0v) is 25.4. The topological polar surface area (TPSA) is 48.0 Å². The van der Waals surface area contributed by atoms with Gasteiger partial charge in [-0.3, -0.25) is 4.79 Å². The normalized spacial score (nSPS) is 40.5. The van der Waals surface area contributed by atoms with Crippen LogP contribution in [0.2, 0.25) is 0 Å². The summed E-state index contributed by atoms with van der Waals surface area (Å²) in [6.07, 6.45) is 16.2. The first-order chi connectivity index (χ1) is 19.2. The lowest BCUT2D eigenvalue weighted by Gasteiger charge is -2.64. The maximum Gasteiger partial charge on any atom is 0.223 e. The van der Waals surface area contributed by atoms with E-state index in [1.165, 1.54) is 25.7 Å². The van der Waals surface area contributed by atoms with E-state index >= 15 is 0 Å². The van der Waals surface area contributed by atoms with Gasteiger partial charge in [0.15, 0.2) is 0 Å². The predicted octanol–water partition coefficient (Wildman–Crippen LogP) is 7.41. The highest BCUT2D eigenvalue weighted by Crippen LogP contribution is 2.68. The number of likely N-dealkylation sites (tertiary alicyclic amines) is 1. The Morgan fingerprint density at radius 1 is 0.950 bits per heavy atom. The van der Waals surface area contributed by atoms with Crippen molar-refractivity contribution in [1.82, 2.24) is 4.90 Å². The van der Waals surface area contributed by atoms with Gasteiger partial charge < -0.3 is 19.1 Å². The molecule has 0 N–H and O–H groups in total. The minimum Gasteiger partial charge on any atom is -0.497 e. The number of ether oxygens (including phenoxy) is 3. The minimum absolute atomic E-state index is 0.172. The number of methoxy groups -OCH3 is 3. The smallest absolute Gasteiger partial charge is 0.223 e. The van der Waals surface area contributed by atoms with Crippen LogP contribution in [-0.2, 0) is 16.1 Å². The van der Waals surface area contributed by atoms with Gasteiger partial charge in [0.25, 0.3) is 0 Å². The van der Waals surface area contributed by atoms with E-state index in [0.717, 1.165) is 59.8 Å². The molecule has 4 aliphatic carbocycles. The van der Waals surface area contributed by atoms with E-state index in [1.807, 2.05) is 12.1 Å². The van der Waals surface area contributed by atoms with Crippen molar-refractivity contribution in [3.8, 4) is 11.5 Å². The number of piperidine rings is 1. The first kappa shape index (κ1) is 27.7. The molecule has 1 aromatic rings. The highest BCUT2D eigenvalue weighted by atomic mass is 16.5. The Balaban J connectivity index is 1.25. The second kappa shape index (κ2) is 10.4. The molecule has 1 aliphatic heterocycles. The molecule has 0 spiro atoms. The van der Waals surface area contributed by atoms with Crippen molar-refractivity contribution >= 4 is 5.91 Å². The van der Waals surface area contributed by atoms with Gasteiger partial charge in [0.2, 0.25) is 5.91 Å². The molecule has 1 amide bonds. The van der Waals surface area contributed by atoms with Crippen molar-refractivity contribution in [2.75, 3.05) is 21.3 Å². The standard InChI is InChI=1S/C35H49NO4/c1-22-19-31-35(3,18-16-32(37)36(31)21-24-9-12-26(39-5)20-30(24)40-6)29-15-17-34(2)27(13-14-28(34)33(22)29)23-7-10-25(38-4)11-8-23/h7,9-12,20,22-23,27-29,31,33H,8,13-19,21H2,1-6H3/t22-,23?,27+,28?,29?,31?,33?,34+,35+/m0/s1. The molecule has 6 rings (SSSR count). The molecule has 1 heterocycles. The summed E-state index contributed by atoms with van der Waals surface area (Å²) in [6, 6.07) is 6.28. The number of allylic oxidation sites excluding steroid dienone is 3. The predicted molar refractivity (Wildman–Crippen MR) is 158 cm³/mol. The Morgan fingerprint density at radius 2 is 1.73 bits per heavy atom. The lowest BCUT2D eigenvalue weighted by atomic mass is 9.44. The van der Waals surface area contributed by atoms with Gasteiger partial charge in [-0.1, -0.05) is 26.8 Å². The summed E-state index contributed by atoms with van der Waals surface area (Å²) in [5.74, 6) is 7.16. The number of hydrogen-bond donors (Lipinski definition) is 0. The van der Waals surface area contributed by atoms with E-state index in [0.29, 0.717) is 42.0 Å². The van der Waals surface area contributed by atoms with E-state index in [4.69, 9.17) is 14.2 Å². The second-order valence-electron chi connectivity index (χ2n) is 14.0. The SMILES string of the molecule is COC1=CCC([C@H]2CCC3C4C(CC[C@@]32C)[C@@]2(C)CCC(=O)N(Cc3ccc(OC)cc3OC)C2C[C@@H]4C)C=C1. The van der Waals surface area contributed by atoms with E-state index < -0.39 is 0 Å². The van der Waals surface area contributed by atoms with E-state index in [2.05, 4.69) is 50.0 Å². The zero-order chi connectivity index (χ0) is 28.2. The third-order valence-corrected chi connectivity index (χ3v) is 12.5. The molecule has 40 heavy (non-hydrogen) atoms. The second-order valence-corrected chi connectivity index (χ2v) is 14.0. The molecule has 0 aromatic heterocycles. The molecule has 5 heteroatoms. The molecule has 218 valence electrons. The summed E-state index contributed by atoms with van der Waals surface area (Å²) in [6.45, 7) is 8.31. The number of benzene rings is 1. The number of amides is 1. The first-order valence-electron chi connectivity index (χ1n) is 15.7. The van der Waals surface area contributed by atoms with Gasteiger partial charge in [-0.15, -0.1) is 0 Å². The van der Waals surface area contributed by atoms with Crippen LogP contribution in [0.4, 0.5) is 0 Å². The van der Waals surface area contributed by atoms with Crippen LogP contribution in [0.25, 0.3) is 0 Å². The van der Waals surface area contributed by atoms with E-state index in [9.17, 15) is 4.79 Å². The minimum atomic E-state index is 0.172. The van der Waals surface area contributed by atoms with E-state index in [-0.39, 0.29) is 11.5 Å². The van der Waals surface area contributed by atoms with Gasteiger partial charge in [-0.25, -0.2) is 0 Å². The Bertz CT molecular complexity index is 1190. The molecular weight excluding hydrogens is 498 g/mol. The van der Waals surface area contributed by atoms with Crippen LogP contribution in [0.5, 0.6) is 11.5 Å². The van der Waals surface area contributed by atoms with Gasteiger partial charge in [-0.2, -0.15) is 0 Å². The number of carbonyl (C=O) groups excluding carboxylic acids is 1.